The predicted octanol–water partition coefficient (Wildman–Crippen LogP) is 1.92. The number of rotatable bonds is 2. The summed E-state index contributed by atoms with van der Waals surface area (Å²) in [5, 5.41) is 12.3. The Kier molecular flexibility index (Phi) is 3.34. The Morgan fingerprint density at radius 1 is 1.35 bits per heavy atom. The summed E-state index contributed by atoms with van der Waals surface area (Å²) in [4.78, 5) is 11.7. The second kappa shape index (κ2) is 4.48. The van der Waals surface area contributed by atoms with E-state index in [1.165, 1.54) is 19.3 Å². The number of fused-ring (bicyclic) bond motifs is 1. The van der Waals surface area contributed by atoms with Gasteiger partial charge in [-0.25, -0.2) is 4.79 Å². The fraction of sp³-hybridized carbons (Fsp3) is 0.923. The normalized spacial score (nSPS) is 36.0. The maximum absolute atomic E-state index is 11.7. The summed E-state index contributed by atoms with van der Waals surface area (Å²) in [6.45, 7) is 5.74. The molecule has 0 heterocycles. The molecule has 4 atom stereocenters. The average Bonchev–Trinajstić information content (AvgIpc) is 2.57. The van der Waals surface area contributed by atoms with E-state index in [-0.39, 0.29) is 24.7 Å². The van der Waals surface area contributed by atoms with Crippen LogP contribution in [0.3, 0.4) is 0 Å². The molecule has 2 N–H and O–H groups in total. The zero-order valence-corrected chi connectivity index (χ0v) is 10.9. The van der Waals surface area contributed by atoms with Crippen molar-refractivity contribution in [1.82, 2.24) is 5.32 Å². The van der Waals surface area contributed by atoms with Crippen LogP contribution in [0.5, 0.6) is 0 Å². The lowest BCUT2D eigenvalue weighted by molar-refractivity contribution is -0.0133. The molecule has 2 aliphatic carbocycles. The average molecular weight is 241 g/mol. The van der Waals surface area contributed by atoms with E-state index in [0.29, 0.717) is 11.8 Å². The summed E-state index contributed by atoms with van der Waals surface area (Å²) >= 11 is 0. The van der Waals surface area contributed by atoms with E-state index >= 15 is 0 Å². The number of alkyl carbamates (subject to hydrolysis) is 1. The number of carbonyl (C=O) groups excluding carboxylic acids is 1. The molecule has 2 aliphatic rings. The Bertz CT molecular complexity index is 298. The van der Waals surface area contributed by atoms with Crippen molar-refractivity contribution in [2.45, 2.75) is 51.7 Å². The second-order valence-corrected chi connectivity index (χ2v) is 6.28. The fourth-order valence-electron chi connectivity index (χ4n) is 3.34. The van der Waals surface area contributed by atoms with Gasteiger partial charge in [-0.15, -0.1) is 0 Å². The smallest absolute Gasteiger partial charge is 0.407 e. The Hall–Kier alpha value is -0.770. The third kappa shape index (κ3) is 2.57. The number of aliphatic hydroxyl groups excluding tert-OH is 1. The highest BCUT2D eigenvalue weighted by Gasteiger charge is 2.52. The van der Waals surface area contributed by atoms with Crippen LogP contribution < -0.4 is 5.32 Å². The lowest BCUT2D eigenvalue weighted by Crippen LogP contribution is -2.59. The van der Waals surface area contributed by atoms with Gasteiger partial charge in [0, 0.05) is 18.6 Å². The first kappa shape index (κ1) is 12.7. The number of hydrogen-bond donors (Lipinski definition) is 2. The Labute approximate surface area is 103 Å². The molecular formula is C13H23NO3. The van der Waals surface area contributed by atoms with Crippen LogP contribution in [-0.2, 0) is 4.74 Å². The van der Waals surface area contributed by atoms with E-state index < -0.39 is 5.60 Å². The molecule has 0 bridgehead atoms. The van der Waals surface area contributed by atoms with Crippen molar-refractivity contribution in [3.63, 3.8) is 0 Å². The number of nitrogens with one attached hydrogen (secondary N) is 1. The molecular weight excluding hydrogens is 218 g/mol. The minimum absolute atomic E-state index is 0.113. The van der Waals surface area contributed by atoms with Crippen LogP contribution in [0.25, 0.3) is 0 Å². The van der Waals surface area contributed by atoms with Gasteiger partial charge in [-0.2, -0.15) is 0 Å². The summed E-state index contributed by atoms with van der Waals surface area (Å²) < 4.78 is 5.25. The topological polar surface area (TPSA) is 58.6 Å². The van der Waals surface area contributed by atoms with Crippen LogP contribution in [0.2, 0.25) is 0 Å². The third-order valence-corrected chi connectivity index (χ3v) is 3.99. The van der Waals surface area contributed by atoms with E-state index in [1.807, 2.05) is 20.8 Å². The molecule has 98 valence electrons. The van der Waals surface area contributed by atoms with Crippen molar-refractivity contribution in [3.05, 3.63) is 0 Å². The van der Waals surface area contributed by atoms with E-state index in [4.69, 9.17) is 4.74 Å². The Morgan fingerprint density at radius 2 is 2.00 bits per heavy atom. The molecule has 0 spiro atoms. The number of ether oxygens (including phenoxy) is 1. The lowest BCUT2D eigenvalue weighted by Gasteiger charge is -2.48. The molecule has 4 nitrogen and oxygen atoms in total. The Morgan fingerprint density at radius 3 is 2.59 bits per heavy atom. The van der Waals surface area contributed by atoms with E-state index in [2.05, 4.69) is 5.32 Å². The SMILES string of the molecule is CC(C)(C)OC(=O)N[C@H]1[C@@H]2CCC[C@@H]2[C@@H]1CO. The molecule has 2 fully saturated rings. The van der Waals surface area contributed by atoms with Crippen molar-refractivity contribution < 1.29 is 14.6 Å². The number of amides is 1. The summed E-state index contributed by atoms with van der Waals surface area (Å²) in [6.07, 6.45) is 3.23. The molecule has 1 amide bonds. The first-order valence-electron chi connectivity index (χ1n) is 6.53. The van der Waals surface area contributed by atoms with Crippen LogP contribution in [0.4, 0.5) is 4.79 Å². The van der Waals surface area contributed by atoms with Crippen molar-refractivity contribution in [2.75, 3.05) is 6.61 Å². The van der Waals surface area contributed by atoms with Gasteiger partial charge in [-0.3, -0.25) is 0 Å². The quantitative estimate of drug-likeness (QED) is 0.776. The largest absolute Gasteiger partial charge is 0.444 e. The highest BCUT2D eigenvalue weighted by molar-refractivity contribution is 5.68. The van der Waals surface area contributed by atoms with Gasteiger partial charge in [0.1, 0.15) is 5.60 Å². The minimum Gasteiger partial charge on any atom is -0.444 e. The first-order valence-corrected chi connectivity index (χ1v) is 6.53. The van der Waals surface area contributed by atoms with E-state index in [1.54, 1.807) is 0 Å². The monoisotopic (exact) mass is 241 g/mol. The molecule has 17 heavy (non-hydrogen) atoms. The Balaban J connectivity index is 1.88. The van der Waals surface area contributed by atoms with Gasteiger partial charge in [0.25, 0.3) is 0 Å². The number of carbonyl (C=O) groups is 1. The predicted molar refractivity (Wildman–Crippen MR) is 64.6 cm³/mol. The summed E-state index contributed by atoms with van der Waals surface area (Å²) in [7, 11) is 0. The number of aliphatic hydroxyl groups is 1. The molecule has 4 heteroatoms. The van der Waals surface area contributed by atoms with E-state index in [0.717, 1.165) is 0 Å². The molecule has 2 rings (SSSR count). The van der Waals surface area contributed by atoms with Crippen LogP contribution in [0, 0.1) is 17.8 Å². The van der Waals surface area contributed by atoms with Crippen LogP contribution in [0.1, 0.15) is 40.0 Å². The zero-order valence-electron chi connectivity index (χ0n) is 10.9. The molecule has 0 saturated heterocycles. The van der Waals surface area contributed by atoms with Crippen molar-refractivity contribution in [1.29, 1.82) is 0 Å². The molecule has 0 radical (unpaired) electrons. The number of hydrogen-bond acceptors (Lipinski definition) is 3. The van der Waals surface area contributed by atoms with Crippen LogP contribution in [0.15, 0.2) is 0 Å². The highest BCUT2D eigenvalue weighted by atomic mass is 16.6. The molecule has 2 saturated carbocycles. The minimum atomic E-state index is -0.461. The van der Waals surface area contributed by atoms with Crippen molar-refractivity contribution in [2.24, 2.45) is 17.8 Å². The van der Waals surface area contributed by atoms with Crippen molar-refractivity contribution >= 4 is 6.09 Å². The van der Waals surface area contributed by atoms with Gasteiger partial charge in [0.2, 0.25) is 0 Å². The molecule has 0 aromatic carbocycles. The summed E-state index contributed by atoms with van der Waals surface area (Å²) in [5.74, 6) is 1.40. The van der Waals surface area contributed by atoms with Gasteiger partial charge in [0.05, 0.1) is 0 Å². The van der Waals surface area contributed by atoms with Gasteiger partial charge in [0.15, 0.2) is 0 Å². The van der Waals surface area contributed by atoms with Gasteiger partial charge >= 0.3 is 6.09 Å². The lowest BCUT2D eigenvalue weighted by atomic mass is 9.62. The van der Waals surface area contributed by atoms with Crippen molar-refractivity contribution in [3.8, 4) is 0 Å². The summed E-state index contributed by atoms with van der Waals surface area (Å²) in [5.41, 5.74) is -0.461. The maximum atomic E-state index is 11.7. The molecule has 0 aliphatic heterocycles. The molecule has 0 aromatic rings. The zero-order chi connectivity index (χ0) is 12.6. The second-order valence-electron chi connectivity index (χ2n) is 6.28. The van der Waals surface area contributed by atoms with Crippen LogP contribution >= 0.6 is 0 Å². The van der Waals surface area contributed by atoms with E-state index in [9.17, 15) is 9.90 Å². The van der Waals surface area contributed by atoms with Gasteiger partial charge < -0.3 is 15.2 Å². The van der Waals surface area contributed by atoms with Gasteiger partial charge in [-0.05, 0) is 45.4 Å². The third-order valence-electron chi connectivity index (χ3n) is 3.99. The maximum Gasteiger partial charge on any atom is 0.407 e. The molecule has 0 unspecified atom stereocenters. The summed E-state index contributed by atoms with van der Waals surface area (Å²) in [6, 6.07) is 0.113. The fourth-order valence-corrected chi connectivity index (χ4v) is 3.34. The highest BCUT2D eigenvalue weighted by Crippen LogP contribution is 2.51. The van der Waals surface area contributed by atoms with Gasteiger partial charge in [-0.1, -0.05) is 6.42 Å². The standard InChI is InChI=1S/C13H23NO3/c1-13(2,3)17-12(16)14-11-9-6-4-5-8(9)10(11)7-15/h8-11,15H,4-7H2,1-3H3,(H,14,16)/t8-,9+,10-,11-/m0/s1. The first-order chi connectivity index (χ1) is 7.92. The molecule has 0 aromatic heterocycles. The van der Waals surface area contributed by atoms with Crippen LogP contribution in [-0.4, -0.2) is 29.4 Å².